The summed E-state index contributed by atoms with van der Waals surface area (Å²) in [5.74, 6) is 0. The van der Waals surface area contributed by atoms with E-state index in [1.807, 2.05) is 19.2 Å². The Bertz CT molecular complexity index is 451. The summed E-state index contributed by atoms with van der Waals surface area (Å²) in [4.78, 5) is 6.38. The van der Waals surface area contributed by atoms with Gasteiger partial charge in [0.05, 0.1) is 23.7 Å². The third-order valence-electron chi connectivity index (χ3n) is 2.64. The molecule has 17 heavy (non-hydrogen) atoms. The summed E-state index contributed by atoms with van der Waals surface area (Å²) < 4.78 is 0. The van der Waals surface area contributed by atoms with Crippen LogP contribution < -0.4 is 4.90 Å². The lowest BCUT2D eigenvalue weighted by atomic mass is 10.2. The molecular weight excluding hydrogens is 232 g/mol. The van der Waals surface area contributed by atoms with E-state index in [9.17, 15) is 5.11 Å². The van der Waals surface area contributed by atoms with Gasteiger partial charge in [-0.1, -0.05) is 0 Å². The molecule has 0 aromatic carbocycles. The van der Waals surface area contributed by atoms with Crippen LogP contribution in [0.1, 0.15) is 24.3 Å². The molecule has 0 amide bonds. The van der Waals surface area contributed by atoms with Crippen molar-refractivity contribution in [3.63, 3.8) is 0 Å². The Labute approximate surface area is 105 Å². The smallest absolute Gasteiger partial charge is 0.0931 e. The second-order valence-corrected chi connectivity index (χ2v) is 4.88. The van der Waals surface area contributed by atoms with Crippen molar-refractivity contribution in [2.75, 3.05) is 11.9 Å². The SMILES string of the molecule is C[C@@H](O)c1ccc(N(C)Cc2ccsc2)cn1. The molecule has 0 saturated carbocycles. The second-order valence-electron chi connectivity index (χ2n) is 4.10. The largest absolute Gasteiger partial charge is 0.387 e. The van der Waals surface area contributed by atoms with Crippen LogP contribution in [0.15, 0.2) is 35.2 Å². The number of anilines is 1. The van der Waals surface area contributed by atoms with Crippen LogP contribution in [-0.2, 0) is 6.54 Å². The molecule has 1 atom stereocenters. The molecule has 2 heterocycles. The maximum absolute atomic E-state index is 9.39. The fourth-order valence-corrected chi connectivity index (χ4v) is 2.28. The summed E-state index contributed by atoms with van der Waals surface area (Å²) in [6.45, 7) is 2.59. The number of aromatic nitrogens is 1. The van der Waals surface area contributed by atoms with E-state index in [0.717, 1.165) is 12.2 Å². The van der Waals surface area contributed by atoms with Crippen LogP contribution in [-0.4, -0.2) is 17.1 Å². The monoisotopic (exact) mass is 248 g/mol. The van der Waals surface area contributed by atoms with Gasteiger partial charge in [0.25, 0.3) is 0 Å². The van der Waals surface area contributed by atoms with Crippen LogP contribution in [0.4, 0.5) is 5.69 Å². The molecule has 0 unspecified atom stereocenters. The zero-order valence-electron chi connectivity index (χ0n) is 10.00. The van der Waals surface area contributed by atoms with E-state index in [2.05, 4.69) is 26.7 Å². The number of hydrogen-bond donors (Lipinski definition) is 1. The fourth-order valence-electron chi connectivity index (χ4n) is 1.62. The molecule has 0 aliphatic rings. The predicted molar refractivity (Wildman–Crippen MR) is 71.3 cm³/mol. The predicted octanol–water partition coefficient (Wildman–Crippen LogP) is 2.83. The van der Waals surface area contributed by atoms with Gasteiger partial charge in [-0.25, -0.2) is 0 Å². The number of nitrogens with zero attached hydrogens (tertiary/aromatic N) is 2. The number of aliphatic hydroxyl groups is 1. The quantitative estimate of drug-likeness (QED) is 0.904. The Kier molecular flexibility index (Phi) is 3.76. The molecule has 0 aliphatic heterocycles. The molecule has 4 heteroatoms. The topological polar surface area (TPSA) is 36.4 Å². The summed E-state index contributed by atoms with van der Waals surface area (Å²) >= 11 is 1.71. The average Bonchev–Trinajstić information content (AvgIpc) is 2.82. The molecule has 0 saturated heterocycles. The highest BCUT2D eigenvalue weighted by molar-refractivity contribution is 7.07. The molecule has 3 nitrogen and oxygen atoms in total. The first-order chi connectivity index (χ1) is 8.16. The van der Waals surface area contributed by atoms with E-state index >= 15 is 0 Å². The second kappa shape index (κ2) is 5.29. The van der Waals surface area contributed by atoms with Gasteiger partial charge in [-0.05, 0) is 41.4 Å². The van der Waals surface area contributed by atoms with Gasteiger partial charge in [0, 0.05) is 13.6 Å². The average molecular weight is 248 g/mol. The van der Waals surface area contributed by atoms with E-state index in [0.29, 0.717) is 5.69 Å². The van der Waals surface area contributed by atoms with Crippen molar-refractivity contribution in [1.29, 1.82) is 0 Å². The van der Waals surface area contributed by atoms with Crippen molar-refractivity contribution < 1.29 is 5.11 Å². The highest BCUT2D eigenvalue weighted by atomic mass is 32.1. The van der Waals surface area contributed by atoms with Gasteiger partial charge in [0.2, 0.25) is 0 Å². The zero-order chi connectivity index (χ0) is 12.3. The third kappa shape index (κ3) is 3.05. The molecule has 2 aromatic heterocycles. The number of aliphatic hydroxyl groups excluding tert-OH is 1. The van der Waals surface area contributed by atoms with Gasteiger partial charge in [0.15, 0.2) is 0 Å². The van der Waals surface area contributed by atoms with Crippen molar-refractivity contribution >= 4 is 17.0 Å². The van der Waals surface area contributed by atoms with Crippen molar-refractivity contribution in [3.05, 3.63) is 46.4 Å². The minimum atomic E-state index is -0.508. The van der Waals surface area contributed by atoms with Crippen LogP contribution in [0, 0.1) is 0 Å². The highest BCUT2D eigenvalue weighted by Crippen LogP contribution is 2.18. The summed E-state index contributed by atoms with van der Waals surface area (Å²) in [6, 6.07) is 5.98. The number of hydrogen-bond acceptors (Lipinski definition) is 4. The summed E-state index contributed by atoms with van der Waals surface area (Å²) in [6.07, 6.45) is 1.29. The molecule has 1 N–H and O–H groups in total. The number of rotatable bonds is 4. The first kappa shape index (κ1) is 12.1. The zero-order valence-corrected chi connectivity index (χ0v) is 10.8. The minimum absolute atomic E-state index is 0.508. The maximum Gasteiger partial charge on any atom is 0.0931 e. The molecule has 90 valence electrons. The van der Waals surface area contributed by atoms with Crippen molar-refractivity contribution in [1.82, 2.24) is 4.98 Å². The van der Waals surface area contributed by atoms with Gasteiger partial charge in [-0.2, -0.15) is 11.3 Å². The Morgan fingerprint density at radius 1 is 1.41 bits per heavy atom. The maximum atomic E-state index is 9.39. The van der Waals surface area contributed by atoms with Gasteiger partial charge < -0.3 is 10.0 Å². The Morgan fingerprint density at radius 2 is 2.24 bits per heavy atom. The Hall–Kier alpha value is -1.39. The van der Waals surface area contributed by atoms with E-state index in [1.165, 1.54) is 5.56 Å². The van der Waals surface area contributed by atoms with Crippen LogP contribution >= 0.6 is 11.3 Å². The van der Waals surface area contributed by atoms with Gasteiger partial charge in [-0.3, -0.25) is 4.98 Å². The van der Waals surface area contributed by atoms with Crippen LogP contribution in [0.5, 0.6) is 0 Å². The van der Waals surface area contributed by atoms with E-state index < -0.39 is 6.10 Å². The van der Waals surface area contributed by atoms with Crippen molar-refractivity contribution in [2.45, 2.75) is 19.6 Å². The Morgan fingerprint density at radius 3 is 2.76 bits per heavy atom. The van der Waals surface area contributed by atoms with Gasteiger partial charge >= 0.3 is 0 Å². The standard InChI is InChI=1S/C13H16N2OS/c1-10(16)13-4-3-12(7-14-13)15(2)8-11-5-6-17-9-11/h3-7,9-10,16H,8H2,1-2H3/t10-/m1/s1. The summed E-state index contributed by atoms with van der Waals surface area (Å²) in [5.41, 5.74) is 3.07. The van der Waals surface area contributed by atoms with Gasteiger partial charge in [0.1, 0.15) is 0 Å². The summed E-state index contributed by atoms with van der Waals surface area (Å²) in [5, 5.41) is 13.6. The number of pyridine rings is 1. The number of thiophene rings is 1. The van der Waals surface area contributed by atoms with Gasteiger partial charge in [-0.15, -0.1) is 0 Å². The lowest BCUT2D eigenvalue weighted by molar-refractivity contribution is 0.194. The van der Waals surface area contributed by atoms with Crippen molar-refractivity contribution in [3.8, 4) is 0 Å². The normalized spacial score (nSPS) is 12.4. The van der Waals surface area contributed by atoms with Crippen LogP contribution in [0.2, 0.25) is 0 Å². The Balaban J connectivity index is 2.06. The fraction of sp³-hybridized carbons (Fsp3) is 0.308. The molecular formula is C13H16N2OS. The molecule has 0 fully saturated rings. The molecule has 0 bridgehead atoms. The highest BCUT2D eigenvalue weighted by Gasteiger charge is 2.05. The lowest BCUT2D eigenvalue weighted by Gasteiger charge is -2.18. The minimum Gasteiger partial charge on any atom is -0.387 e. The molecule has 2 aromatic rings. The summed E-state index contributed by atoms with van der Waals surface area (Å²) in [7, 11) is 2.04. The van der Waals surface area contributed by atoms with Crippen molar-refractivity contribution in [2.24, 2.45) is 0 Å². The first-order valence-electron chi connectivity index (χ1n) is 5.53. The molecule has 0 spiro atoms. The third-order valence-corrected chi connectivity index (χ3v) is 3.37. The van der Waals surface area contributed by atoms with Crippen LogP contribution in [0.25, 0.3) is 0 Å². The molecule has 0 radical (unpaired) electrons. The van der Waals surface area contributed by atoms with Crippen LogP contribution in [0.3, 0.4) is 0 Å². The molecule has 2 rings (SSSR count). The first-order valence-corrected chi connectivity index (χ1v) is 6.47. The van der Waals surface area contributed by atoms with E-state index in [4.69, 9.17) is 0 Å². The molecule has 0 aliphatic carbocycles. The van der Waals surface area contributed by atoms with E-state index in [1.54, 1.807) is 24.5 Å². The lowest BCUT2D eigenvalue weighted by Crippen LogP contribution is -2.16. The van der Waals surface area contributed by atoms with E-state index in [-0.39, 0.29) is 0 Å².